The van der Waals surface area contributed by atoms with Crippen LogP contribution in [-0.2, 0) is 13.0 Å². The summed E-state index contributed by atoms with van der Waals surface area (Å²) in [6, 6.07) is 0.636. The molecule has 3 heteroatoms. The van der Waals surface area contributed by atoms with Gasteiger partial charge < -0.3 is 5.32 Å². The van der Waals surface area contributed by atoms with Crippen molar-refractivity contribution in [2.45, 2.75) is 51.6 Å². The highest BCUT2D eigenvalue weighted by Crippen LogP contribution is 2.29. The molecule has 0 radical (unpaired) electrons. The largest absolute Gasteiger partial charge is 0.316 e. The van der Waals surface area contributed by atoms with E-state index in [2.05, 4.69) is 30.6 Å². The van der Waals surface area contributed by atoms with E-state index in [9.17, 15) is 0 Å². The minimum atomic E-state index is 0.636. The van der Waals surface area contributed by atoms with Crippen molar-refractivity contribution in [1.29, 1.82) is 0 Å². The maximum atomic E-state index is 4.34. The first-order valence-electron chi connectivity index (χ1n) is 6.52. The number of hydrogen-bond donors (Lipinski definition) is 1. The highest BCUT2D eigenvalue weighted by molar-refractivity contribution is 5.07. The fraction of sp³-hybridized carbons (Fsp3) is 0.769. The van der Waals surface area contributed by atoms with Crippen LogP contribution < -0.4 is 5.32 Å². The van der Waals surface area contributed by atoms with Crippen molar-refractivity contribution < 1.29 is 0 Å². The second-order valence-electron chi connectivity index (χ2n) is 4.85. The maximum Gasteiger partial charge on any atom is 0.0522 e. The summed E-state index contributed by atoms with van der Waals surface area (Å²) in [5, 5.41) is 7.82. The number of hydrogen-bond acceptors (Lipinski definition) is 2. The molecular formula is C13H23N3. The summed E-state index contributed by atoms with van der Waals surface area (Å²) in [5.74, 6) is 0.870. The van der Waals surface area contributed by atoms with E-state index in [0.29, 0.717) is 6.04 Å². The Kier molecular flexibility index (Phi) is 3.99. The Labute approximate surface area is 98.2 Å². The lowest BCUT2D eigenvalue weighted by Crippen LogP contribution is -2.34. The fourth-order valence-electron chi connectivity index (χ4n) is 2.80. The van der Waals surface area contributed by atoms with Crippen LogP contribution in [0.5, 0.6) is 0 Å². The van der Waals surface area contributed by atoms with Gasteiger partial charge in [0.15, 0.2) is 0 Å². The number of rotatable bonds is 5. The third kappa shape index (κ3) is 2.64. The van der Waals surface area contributed by atoms with Crippen LogP contribution in [0.15, 0.2) is 12.4 Å². The van der Waals surface area contributed by atoms with Crippen LogP contribution in [0, 0.1) is 5.92 Å². The molecule has 1 aliphatic carbocycles. The number of likely N-dealkylation sites (N-methyl/N-ethyl adjacent to an activating group) is 1. The molecule has 1 unspecified atom stereocenters. The van der Waals surface area contributed by atoms with Gasteiger partial charge in [-0.2, -0.15) is 5.10 Å². The van der Waals surface area contributed by atoms with Crippen molar-refractivity contribution in [1.82, 2.24) is 15.1 Å². The Bertz CT molecular complexity index is 313. The van der Waals surface area contributed by atoms with Crippen molar-refractivity contribution in [3.8, 4) is 0 Å². The molecule has 16 heavy (non-hydrogen) atoms. The van der Waals surface area contributed by atoms with Crippen molar-refractivity contribution in [2.75, 3.05) is 7.05 Å². The van der Waals surface area contributed by atoms with Crippen molar-refractivity contribution in [3.05, 3.63) is 18.0 Å². The number of aromatic nitrogens is 2. The zero-order valence-corrected chi connectivity index (χ0v) is 10.4. The molecule has 0 aliphatic heterocycles. The minimum Gasteiger partial charge on any atom is -0.316 e. The van der Waals surface area contributed by atoms with Gasteiger partial charge in [-0.3, -0.25) is 4.68 Å². The molecule has 0 aromatic carbocycles. The summed E-state index contributed by atoms with van der Waals surface area (Å²) in [4.78, 5) is 0. The van der Waals surface area contributed by atoms with Crippen LogP contribution in [0.1, 0.15) is 38.2 Å². The Morgan fingerprint density at radius 2 is 2.25 bits per heavy atom. The van der Waals surface area contributed by atoms with Gasteiger partial charge in [-0.05, 0) is 44.7 Å². The third-order valence-corrected chi connectivity index (χ3v) is 3.81. The van der Waals surface area contributed by atoms with E-state index in [4.69, 9.17) is 0 Å². The predicted octanol–water partition coefficient (Wildman–Crippen LogP) is 2.22. The highest BCUT2D eigenvalue weighted by atomic mass is 15.3. The van der Waals surface area contributed by atoms with Gasteiger partial charge in [0, 0.05) is 18.8 Å². The van der Waals surface area contributed by atoms with Gasteiger partial charge in [-0.15, -0.1) is 0 Å². The first kappa shape index (κ1) is 11.6. The molecule has 0 spiro atoms. The zero-order valence-electron chi connectivity index (χ0n) is 10.4. The van der Waals surface area contributed by atoms with Crippen LogP contribution >= 0.6 is 0 Å². The van der Waals surface area contributed by atoms with E-state index < -0.39 is 0 Å². The summed E-state index contributed by atoms with van der Waals surface area (Å²) in [6.07, 6.45) is 10.9. The first-order valence-corrected chi connectivity index (χ1v) is 6.52. The molecule has 1 aliphatic rings. The number of nitrogens with one attached hydrogen (secondary N) is 1. The fourth-order valence-corrected chi connectivity index (χ4v) is 2.80. The summed E-state index contributed by atoms with van der Waals surface area (Å²) < 4.78 is 2.01. The van der Waals surface area contributed by atoms with Crippen LogP contribution in [0.4, 0.5) is 0 Å². The topological polar surface area (TPSA) is 29.9 Å². The zero-order chi connectivity index (χ0) is 11.4. The minimum absolute atomic E-state index is 0.636. The molecule has 3 nitrogen and oxygen atoms in total. The molecule has 1 saturated carbocycles. The lowest BCUT2D eigenvalue weighted by Gasteiger charge is -2.22. The summed E-state index contributed by atoms with van der Waals surface area (Å²) in [7, 11) is 2.09. The lowest BCUT2D eigenvalue weighted by molar-refractivity contribution is 0.377. The molecule has 0 amide bonds. The van der Waals surface area contributed by atoms with E-state index in [1.165, 1.54) is 31.2 Å². The van der Waals surface area contributed by atoms with Gasteiger partial charge in [0.25, 0.3) is 0 Å². The molecule has 1 atom stereocenters. The molecule has 1 aromatic heterocycles. The van der Waals surface area contributed by atoms with Gasteiger partial charge in [0.1, 0.15) is 0 Å². The molecule has 1 aromatic rings. The van der Waals surface area contributed by atoms with E-state index in [1.54, 1.807) is 0 Å². The monoisotopic (exact) mass is 221 g/mol. The van der Waals surface area contributed by atoms with Gasteiger partial charge in [0.05, 0.1) is 6.20 Å². The highest BCUT2D eigenvalue weighted by Gasteiger charge is 2.24. The van der Waals surface area contributed by atoms with Crippen LogP contribution in [-0.4, -0.2) is 22.9 Å². The van der Waals surface area contributed by atoms with E-state index in [0.717, 1.165) is 18.9 Å². The van der Waals surface area contributed by atoms with Gasteiger partial charge in [-0.25, -0.2) is 0 Å². The average Bonchev–Trinajstić information content (AvgIpc) is 2.96. The SMILES string of the molecule is CCn1cc(CC(NC)C2CCCC2)cn1. The molecule has 90 valence electrons. The maximum absolute atomic E-state index is 4.34. The Balaban J connectivity index is 1.94. The second-order valence-corrected chi connectivity index (χ2v) is 4.85. The molecule has 1 heterocycles. The van der Waals surface area contributed by atoms with Gasteiger partial charge >= 0.3 is 0 Å². The molecule has 1 fully saturated rings. The Morgan fingerprint density at radius 3 is 2.81 bits per heavy atom. The second kappa shape index (κ2) is 5.48. The van der Waals surface area contributed by atoms with Gasteiger partial charge in [0.2, 0.25) is 0 Å². The van der Waals surface area contributed by atoms with Crippen LogP contribution in [0.25, 0.3) is 0 Å². The quantitative estimate of drug-likeness (QED) is 0.826. The summed E-state index contributed by atoms with van der Waals surface area (Å²) in [6.45, 7) is 3.09. The molecule has 2 rings (SSSR count). The van der Waals surface area contributed by atoms with E-state index >= 15 is 0 Å². The summed E-state index contributed by atoms with van der Waals surface area (Å²) >= 11 is 0. The molecule has 0 saturated heterocycles. The molecule has 1 N–H and O–H groups in total. The first-order chi connectivity index (χ1) is 7.83. The van der Waals surface area contributed by atoms with Crippen LogP contribution in [0.2, 0.25) is 0 Å². The normalized spacial score (nSPS) is 19.1. The Hall–Kier alpha value is -0.830. The van der Waals surface area contributed by atoms with Crippen molar-refractivity contribution >= 4 is 0 Å². The Morgan fingerprint density at radius 1 is 1.50 bits per heavy atom. The van der Waals surface area contributed by atoms with E-state index in [1.807, 2.05) is 10.9 Å². The standard InChI is InChI=1S/C13H23N3/c1-3-16-10-11(9-15-16)8-13(14-2)12-6-4-5-7-12/h9-10,12-14H,3-8H2,1-2H3. The smallest absolute Gasteiger partial charge is 0.0522 e. The van der Waals surface area contributed by atoms with Gasteiger partial charge in [-0.1, -0.05) is 12.8 Å². The summed E-state index contributed by atoms with van der Waals surface area (Å²) in [5.41, 5.74) is 1.37. The van der Waals surface area contributed by atoms with E-state index in [-0.39, 0.29) is 0 Å². The average molecular weight is 221 g/mol. The lowest BCUT2D eigenvalue weighted by atomic mass is 9.93. The van der Waals surface area contributed by atoms with Crippen molar-refractivity contribution in [2.24, 2.45) is 5.92 Å². The third-order valence-electron chi connectivity index (χ3n) is 3.81. The van der Waals surface area contributed by atoms with Crippen LogP contribution in [0.3, 0.4) is 0 Å². The molecule has 0 bridgehead atoms. The molecular weight excluding hydrogens is 198 g/mol. The number of nitrogens with zero attached hydrogens (tertiary/aromatic N) is 2. The predicted molar refractivity (Wildman–Crippen MR) is 66.4 cm³/mol. The number of aryl methyl sites for hydroxylation is 1. The van der Waals surface area contributed by atoms with Crippen molar-refractivity contribution in [3.63, 3.8) is 0 Å².